The summed E-state index contributed by atoms with van der Waals surface area (Å²) in [6.45, 7) is 1.36. The predicted molar refractivity (Wildman–Crippen MR) is 48.2 cm³/mol. The molecule has 0 aliphatic heterocycles. The summed E-state index contributed by atoms with van der Waals surface area (Å²) in [7, 11) is -4.23. The average Bonchev–Trinajstić information content (AvgIpc) is 2.02. The van der Waals surface area contributed by atoms with E-state index in [4.69, 9.17) is 0 Å². The van der Waals surface area contributed by atoms with Crippen LogP contribution >= 0.6 is 0 Å². The molecule has 0 aromatic heterocycles. The Morgan fingerprint density at radius 2 is 1.79 bits per heavy atom. The summed E-state index contributed by atoms with van der Waals surface area (Å²) in [6.07, 6.45) is 2.24. The topological polar surface area (TPSA) is 57.2 Å². The van der Waals surface area contributed by atoms with E-state index in [-0.39, 0.29) is 42.4 Å². The summed E-state index contributed by atoms with van der Waals surface area (Å²) in [6, 6.07) is 0. The van der Waals surface area contributed by atoms with Crippen molar-refractivity contribution in [3.63, 3.8) is 0 Å². The molecule has 80 valence electrons. The summed E-state index contributed by atoms with van der Waals surface area (Å²) in [4.78, 5) is 0. The number of rotatable bonds is 7. The van der Waals surface area contributed by atoms with Gasteiger partial charge in [0.05, 0.1) is 16.8 Å². The van der Waals surface area contributed by atoms with Crippen LogP contribution in [0.3, 0.4) is 0 Å². The Bertz CT molecular complexity index is 211. The van der Waals surface area contributed by atoms with Gasteiger partial charge in [-0.2, -0.15) is 0 Å². The fourth-order valence-corrected chi connectivity index (χ4v) is 2.08. The van der Waals surface area contributed by atoms with Gasteiger partial charge in [0, 0.05) is 5.25 Å². The van der Waals surface area contributed by atoms with Crippen molar-refractivity contribution < 1.29 is 46.9 Å². The fourth-order valence-electron chi connectivity index (χ4n) is 1.17. The van der Waals surface area contributed by atoms with Crippen molar-refractivity contribution in [3.05, 3.63) is 0 Å². The normalized spacial score (nSPS) is 13.4. The van der Waals surface area contributed by atoms with Gasteiger partial charge in [0.1, 0.15) is 0 Å². The van der Waals surface area contributed by atoms with Crippen LogP contribution in [-0.2, 0) is 10.1 Å². The molecule has 1 unspecified atom stereocenters. The van der Waals surface area contributed by atoms with Crippen LogP contribution in [-0.4, -0.2) is 24.9 Å². The van der Waals surface area contributed by atoms with E-state index in [9.17, 15) is 17.4 Å². The van der Waals surface area contributed by atoms with Crippen LogP contribution in [0.5, 0.6) is 0 Å². The van der Waals surface area contributed by atoms with Crippen LogP contribution in [0.25, 0.3) is 0 Å². The zero-order chi connectivity index (χ0) is 10.3. The van der Waals surface area contributed by atoms with E-state index in [1.807, 2.05) is 6.92 Å². The Hall–Kier alpha value is 0.840. The van der Waals surface area contributed by atoms with Gasteiger partial charge in [0.15, 0.2) is 0 Å². The second-order valence-corrected chi connectivity index (χ2v) is 4.74. The number of hydrogen-bond donors (Lipinski definition) is 0. The SMILES string of the molecule is CCCCC(CCCF)S(=O)(=O)[O-].[Na+]. The number of hydrogen-bond acceptors (Lipinski definition) is 3. The molecule has 3 nitrogen and oxygen atoms in total. The van der Waals surface area contributed by atoms with E-state index < -0.39 is 22.0 Å². The maximum absolute atomic E-state index is 11.8. The molecule has 0 bridgehead atoms. The van der Waals surface area contributed by atoms with E-state index in [0.717, 1.165) is 6.42 Å². The maximum Gasteiger partial charge on any atom is 1.00 e. The fraction of sp³-hybridized carbons (Fsp3) is 1.00. The van der Waals surface area contributed by atoms with Gasteiger partial charge in [0.2, 0.25) is 0 Å². The first kappa shape index (κ1) is 17.2. The third-order valence-electron chi connectivity index (χ3n) is 1.95. The molecule has 0 N–H and O–H groups in total. The molecule has 14 heavy (non-hydrogen) atoms. The zero-order valence-corrected chi connectivity index (χ0v) is 11.6. The molecule has 0 heterocycles. The van der Waals surface area contributed by atoms with Crippen LogP contribution < -0.4 is 29.6 Å². The molecule has 0 spiro atoms. The average molecular weight is 234 g/mol. The van der Waals surface area contributed by atoms with Crippen molar-refractivity contribution in [1.82, 2.24) is 0 Å². The Kier molecular flexibility index (Phi) is 11.2. The predicted octanol–water partition coefficient (Wildman–Crippen LogP) is -1.16. The molecule has 0 fully saturated rings. The third kappa shape index (κ3) is 8.17. The minimum atomic E-state index is -4.23. The number of halogens is 1. The molecule has 0 amide bonds. The zero-order valence-electron chi connectivity index (χ0n) is 8.83. The minimum absolute atomic E-state index is 0. The molecule has 0 saturated heterocycles. The van der Waals surface area contributed by atoms with Crippen molar-refractivity contribution in [2.75, 3.05) is 6.67 Å². The largest absolute Gasteiger partial charge is 1.00 e. The Balaban J connectivity index is 0. The summed E-state index contributed by atoms with van der Waals surface area (Å²) in [5.74, 6) is 0. The molecule has 0 saturated carbocycles. The standard InChI is InChI=1S/C8H17FO3S.Na/c1-2-3-5-8(6-4-7-9)13(10,11)12;/h8H,2-7H2,1H3,(H,10,11,12);/q;+1/p-1. The molecule has 1 atom stereocenters. The first-order valence-electron chi connectivity index (χ1n) is 4.53. The van der Waals surface area contributed by atoms with Crippen molar-refractivity contribution in [2.24, 2.45) is 0 Å². The third-order valence-corrected chi connectivity index (χ3v) is 3.24. The molecule has 0 aromatic rings. The van der Waals surface area contributed by atoms with Crippen molar-refractivity contribution in [2.45, 2.75) is 44.3 Å². The van der Waals surface area contributed by atoms with Crippen molar-refractivity contribution in [3.8, 4) is 0 Å². The van der Waals surface area contributed by atoms with Crippen LogP contribution in [0.15, 0.2) is 0 Å². The summed E-state index contributed by atoms with van der Waals surface area (Å²) in [5, 5.41) is -0.886. The summed E-state index contributed by atoms with van der Waals surface area (Å²) >= 11 is 0. The smallest absolute Gasteiger partial charge is 0.748 e. The Labute approximate surface area is 108 Å². The first-order valence-corrected chi connectivity index (χ1v) is 6.00. The second kappa shape index (κ2) is 9.09. The number of alkyl halides is 1. The van der Waals surface area contributed by atoms with Gasteiger partial charge in [-0.15, -0.1) is 0 Å². The van der Waals surface area contributed by atoms with Gasteiger partial charge >= 0.3 is 29.6 Å². The molecule has 0 radical (unpaired) electrons. The van der Waals surface area contributed by atoms with Gasteiger partial charge < -0.3 is 4.55 Å². The molecule has 0 aliphatic carbocycles. The van der Waals surface area contributed by atoms with Crippen LogP contribution in [0.4, 0.5) is 4.39 Å². The number of unbranched alkanes of at least 4 members (excludes halogenated alkanes) is 1. The van der Waals surface area contributed by atoms with Crippen molar-refractivity contribution in [1.29, 1.82) is 0 Å². The van der Waals surface area contributed by atoms with Gasteiger partial charge in [-0.3, -0.25) is 4.39 Å². The molecule has 0 rings (SSSR count). The Morgan fingerprint density at radius 3 is 2.14 bits per heavy atom. The molecule has 0 aliphatic rings. The van der Waals surface area contributed by atoms with Gasteiger partial charge in [-0.1, -0.05) is 19.8 Å². The first-order chi connectivity index (χ1) is 6.02. The van der Waals surface area contributed by atoms with E-state index >= 15 is 0 Å². The maximum atomic E-state index is 11.8. The second-order valence-electron chi connectivity index (χ2n) is 3.09. The minimum Gasteiger partial charge on any atom is -0.748 e. The van der Waals surface area contributed by atoms with Crippen molar-refractivity contribution >= 4 is 10.1 Å². The summed E-state index contributed by atoms with van der Waals surface area (Å²) in [5.41, 5.74) is 0. The molecule has 6 heteroatoms. The molecule has 0 aromatic carbocycles. The van der Waals surface area contributed by atoms with Gasteiger partial charge in [0.25, 0.3) is 0 Å². The van der Waals surface area contributed by atoms with Gasteiger partial charge in [-0.25, -0.2) is 8.42 Å². The van der Waals surface area contributed by atoms with Crippen LogP contribution in [0, 0.1) is 0 Å². The van der Waals surface area contributed by atoms with Crippen LogP contribution in [0.2, 0.25) is 0 Å². The van der Waals surface area contributed by atoms with E-state index in [0.29, 0.717) is 12.8 Å². The summed E-state index contributed by atoms with van der Waals surface area (Å²) < 4.78 is 43.8. The van der Waals surface area contributed by atoms with E-state index in [1.165, 1.54) is 0 Å². The van der Waals surface area contributed by atoms with E-state index in [2.05, 4.69) is 0 Å². The van der Waals surface area contributed by atoms with E-state index in [1.54, 1.807) is 0 Å². The Morgan fingerprint density at radius 1 is 1.29 bits per heavy atom. The van der Waals surface area contributed by atoms with Crippen LogP contribution in [0.1, 0.15) is 39.0 Å². The molecular weight excluding hydrogens is 218 g/mol. The quantitative estimate of drug-likeness (QED) is 0.412. The molecular formula is C8H16FNaO3S. The monoisotopic (exact) mass is 234 g/mol. The van der Waals surface area contributed by atoms with Gasteiger partial charge in [-0.05, 0) is 19.3 Å².